The molecule has 2 fully saturated rings. The molecule has 2 aliphatic heterocycles. The molecule has 2 saturated heterocycles. The van der Waals surface area contributed by atoms with Gasteiger partial charge < -0.3 is 9.80 Å². The van der Waals surface area contributed by atoms with Crippen LogP contribution < -0.4 is 0 Å². The van der Waals surface area contributed by atoms with Gasteiger partial charge >= 0.3 is 0 Å². The summed E-state index contributed by atoms with van der Waals surface area (Å²) in [5.74, 6) is 0.773. The van der Waals surface area contributed by atoms with E-state index in [9.17, 15) is 9.59 Å². The summed E-state index contributed by atoms with van der Waals surface area (Å²) in [6, 6.07) is 5.68. The number of imidazole rings is 1. The number of pyridine rings is 1. The van der Waals surface area contributed by atoms with Crippen LogP contribution in [-0.2, 0) is 9.59 Å². The number of hydrogen-bond donors (Lipinski definition) is 0. The van der Waals surface area contributed by atoms with Crippen LogP contribution in [0.4, 0.5) is 0 Å². The molecular weight excluding hydrogens is 376 g/mol. The molecule has 2 aromatic heterocycles. The summed E-state index contributed by atoms with van der Waals surface area (Å²) in [6.45, 7) is 3.20. The first kappa shape index (κ1) is 19.0. The third-order valence-electron chi connectivity index (χ3n) is 5.73. The van der Waals surface area contributed by atoms with Gasteiger partial charge in [0.1, 0.15) is 5.65 Å². The van der Waals surface area contributed by atoms with E-state index in [1.165, 1.54) is 0 Å². The number of amides is 2. The molecule has 2 aliphatic rings. The maximum Gasteiger partial charge on any atom is 0.246 e. The molecule has 2 amide bonds. The van der Waals surface area contributed by atoms with Crippen molar-refractivity contribution >= 4 is 35.1 Å². The molecule has 2 aromatic rings. The second kappa shape index (κ2) is 8.35. The van der Waals surface area contributed by atoms with Gasteiger partial charge in [-0.25, -0.2) is 4.98 Å². The number of carbonyl (C=O) groups is 2. The highest BCUT2D eigenvalue weighted by molar-refractivity contribution is 6.31. The van der Waals surface area contributed by atoms with E-state index in [1.54, 1.807) is 12.2 Å². The molecule has 0 aromatic carbocycles. The first-order chi connectivity index (χ1) is 13.6. The first-order valence-electron chi connectivity index (χ1n) is 9.99. The first-order valence-corrected chi connectivity index (χ1v) is 10.4. The van der Waals surface area contributed by atoms with Gasteiger partial charge in [0.15, 0.2) is 5.15 Å². The molecule has 0 aliphatic carbocycles. The molecule has 0 bridgehead atoms. The molecule has 148 valence electrons. The Bertz CT molecular complexity index is 899. The zero-order valence-corrected chi connectivity index (χ0v) is 16.6. The van der Waals surface area contributed by atoms with Crippen molar-refractivity contribution in [1.29, 1.82) is 0 Å². The van der Waals surface area contributed by atoms with Crippen LogP contribution in [-0.4, -0.2) is 57.2 Å². The average molecular weight is 401 g/mol. The Morgan fingerprint density at radius 2 is 2.04 bits per heavy atom. The monoisotopic (exact) mass is 400 g/mol. The van der Waals surface area contributed by atoms with Crippen molar-refractivity contribution < 1.29 is 9.59 Å². The minimum Gasteiger partial charge on any atom is -0.342 e. The van der Waals surface area contributed by atoms with Crippen molar-refractivity contribution in [3.05, 3.63) is 41.3 Å². The topological polar surface area (TPSA) is 57.9 Å². The van der Waals surface area contributed by atoms with Gasteiger partial charge in [-0.05, 0) is 49.8 Å². The fourth-order valence-electron chi connectivity index (χ4n) is 4.09. The van der Waals surface area contributed by atoms with Gasteiger partial charge in [-0.3, -0.25) is 14.0 Å². The van der Waals surface area contributed by atoms with Gasteiger partial charge in [-0.1, -0.05) is 17.7 Å². The quantitative estimate of drug-likeness (QED) is 0.740. The molecule has 7 heteroatoms. The molecule has 0 atom stereocenters. The fourth-order valence-corrected chi connectivity index (χ4v) is 4.33. The molecule has 6 nitrogen and oxygen atoms in total. The Labute approximate surface area is 169 Å². The highest BCUT2D eigenvalue weighted by Gasteiger charge is 2.26. The maximum absolute atomic E-state index is 12.6. The summed E-state index contributed by atoms with van der Waals surface area (Å²) in [6.07, 6.45) is 9.91. The standard InChI is InChI=1S/C21H25ClN4O2/c22-21-17(26-12-4-1-5-18(26)23-21)7-8-20(28)24-13-9-16(10-14-24)15-25-11-3-2-6-19(25)27/h1,4-5,7-8,12,16H,2-3,6,9-11,13-15H2. The molecule has 0 spiro atoms. The lowest BCUT2D eigenvalue weighted by atomic mass is 9.95. The van der Waals surface area contributed by atoms with Crippen LogP contribution in [0.5, 0.6) is 0 Å². The van der Waals surface area contributed by atoms with Crippen molar-refractivity contribution in [3.63, 3.8) is 0 Å². The van der Waals surface area contributed by atoms with E-state index < -0.39 is 0 Å². The van der Waals surface area contributed by atoms with E-state index in [2.05, 4.69) is 4.98 Å². The average Bonchev–Trinajstić information content (AvgIpc) is 3.03. The van der Waals surface area contributed by atoms with Gasteiger partial charge in [-0.2, -0.15) is 0 Å². The predicted octanol–water partition coefficient (Wildman–Crippen LogP) is 3.25. The molecule has 0 saturated carbocycles. The normalized spacial score (nSPS) is 19.1. The SMILES string of the molecule is O=C(C=Cc1c(Cl)nc2ccccn12)N1CCC(CN2CCCCC2=O)CC1. The van der Waals surface area contributed by atoms with E-state index in [0.717, 1.165) is 57.5 Å². The highest BCUT2D eigenvalue weighted by Crippen LogP contribution is 2.22. The molecule has 0 radical (unpaired) electrons. The largest absolute Gasteiger partial charge is 0.342 e. The van der Waals surface area contributed by atoms with Crippen LogP contribution in [0.3, 0.4) is 0 Å². The minimum absolute atomic E-state index is 0.00514. The van der Waals surface area contributed by atoms with E-state index in [1.807, 2.05) is 38.6 Å². The van der Waals surface area contributed by atoms with Crippen LogP contribution in [0.15, 0.2) is 30.5 Å². The van der Waals surface area contributed by atoms with Crippen molar-refractivity contribution in [2.45, 2.75) is 32.1 Å². The number of rotatable bonds is 4. The van der Waals surface area contributed by atoms with Gasteiger partial charge in [0, 0.05) is 44.9 Å². The van der Waals surface area contributed by atoms with Crippen LogP contribution >= 0.6 is 11.6 Å². The molecule has 28 heavy (non-hydrogen) atoms. The number of piperidine rings is 2. The van der Waals surface area contributed by atoms with Crippen molar-refractivity contribution in [3.8, 4) is 0 Å². The summed E-state index contributed by atoms with van der Waals surface area (Å²) in [7, 11) is 0. The summed E-state index contributed by atoms with van der Waals surface area (Å²) < 4.78 is 1.87. The third kappa shape index (κ3) is 4.07. The van der Waals surface area contributed by atoms with E-state index >= 15 is 0 Å². The number of hydrogen-bond acceptors (Lipinski definition) is 3. The smallest absolute Gasteiger partial charge is 0.246 e. The Kier molecular flexibility index (Phi) is 5.67. The molecule has 4 rings (SSSR count). The van der Waals surface area contributed by atoms with E-state index in [0.29, 0.717) is 23.2 Å². The number of fused-ring (bicyclic) bond motifs is 1. The third-order valence-corrected chi connectivity index (χ3v) is 6.01. The summed E-state index contributed by atoms with van der Waals surface area (Å²) in [5, 5.41) is 0.389. The lowest BCUT2D eigenvalue weighted by Crippen LogP contribution is -2.43. The second-order valence-electron chi connectivity index (χ2n) is 7.62. The van der Waals surface area contributed by atoms with Gasteiger partial charge in [-0.15, -0.1) is 0 Å². The fraction of sp³-hybridized carbons (Fsp3) is 0.476. The number of halogens is 1. The number of aromatic nitrogens is 2. The molecule has 0 N–H and O–H groups in total. The van der Waals surface area contributed by atoms with E-state index in [4.69, 9.17) is 11.6 Å². The van der Waals surface area contributed by atoms with Gasteiger partial charge in [0.2, 0.25) is 11.8 Å². The Morgan fingerprint density at radius 1 is 1.21 bits per heavy atom. The van der Waals surface area contributed by atoms with Crippen molar-refractivity contribution in [1.82, 2.24) is 19.2 Å². The lowest BCUT2D eigenvalue weighted by molar-refractivity contribution is -0.135. The van der Waals surface area contributed by atoms with Crippen LogP contribution in [0.1, 0.15) is 37.8 Å². The molecular formula is C21H25ClN4O2. The predicted molar refractivity (Wildman–Crippen MR) is 109 cm³/mol. The number of nitrogens with zero attached hydrogens (tertiary/aromatic N) is 4. The Morgan fingerprint density at radius 3 is 2.82 bits per heavy atom. The Balaban J connectivity index is 1.33. The van der Waals surface area contributed by atoms with Gasteiger partial charge in [0.25, 0.3) is 0 Å². The highest BCUT2D eigenvalue weighted by atomic mass is 35.5. The van der Waals surface area contributed by atoms with Crippen molar-refractivity contribution in [2.75, 3.05) is 26.2 Å². The second-order valence-corrected chi connectivity index (χ2v) is 7.97. The van der Waals surface area contributed by atoms with E-state index in [-0.39, 0.29) is 11.8 Å². The van der Waals surface area contributed by atoms with Crippen LogP contribution in [0.25, 0.3) is 11.7 Å². The summed E-state index contributed by atoms with van der Waals surface area (Å²) in [4.78, 5) is 32.8. The molecule has 4 heterocycles. The maximum atomic E-state index is 12.6. The van der Waals surface area contributed by atoms with Crippen LogP contribution in [0.2, 0.25) is 5.15 Å². The zero-order valence-electron chi connectivity index (χ0n) is 15.9. The van der Waals surface area contributed by atoms with Crippen molar-refractivity contribution in [2.24, 2.45) is 5.92 Å². The minimum atomic E-state index is -0.00514. The summed E-state index contributed by atoms with van der Waals surface area (Å²) >= 11 is 6.22. The zero-order chi connectivity index (χ0) is 19.5. The lowest BCUT2D eigenvalue weighted by Gasteiger charge is -2.35. The number of likely N-dealkylation sites (tertiary alicyclic amines) is 2. The molecule has 0 unspecified atom stereocenters. The summed E-state index contributed by atoms with van der Waals surface area (Å²) in [5.41, 5.74) is 1.47. The number of carbonyl (C=O) groups excluding carboxylic acids is 2. The van der Waals surface area contributed by atoms with Crippen LogP contribution in [0, 0.1) is 5.92 Å². The van der Waals surface area contributed by atoms with Gasteiger partial charge in [0.05, 0.1) is 5.69 Å². The Hall–Kier alpha value is -2.34.